The normalized spacial score (nSPS) is 13.4. The molecule has 3 aromatic heterocycles. The lowest BCUT2D eigenvalue weighted by Crippen LogP contribution is -2.22. The van der Waals surface area contributed by atoms with E-state index in [-0.39, 0.29) is 0 Å². The van der Waals surface area contributed by atoms with E-state index in [1.54, 1.807) is 27.5 Å². The minimum atomic E-state index is -1.10. The molecule has 0 spiro atoms. The largest absolute Gasteiger partial charge is 0.382 e. The Labute approximate surface area is 174 Å². The van der Waals surface area contributed by atoms with E-state index in [2.05, 4.69) is 34.8 Å². The lowest BCUT2D eigenvalue weighted by molar-refractivity contribution is 0.0791. The molecule has 1 unspecified atom stereocenters. The summed E-state index contributed by atoms with van der Waals surface area (Å²) in [4.78, 5) is 4.28. The Kier molecular flexibility index (Phi) is 5.43. The van der Waals surface area contributed by atoms with E-state index >= 15 is 0 Å². The first-order valence-corrected chi connectivity index (χ1v) is 13.6. The van der Waals surface area contributed by atoms with Gasteiger partial charge in [-0.25, -0.2) is 14.2 Å². The average molecular weight is 430 g/mol. The maximum absolute atomic E-state index is 10.9. The number of imidazole rings is 1. The molecule has 1 atom stereocenters. The number of ether oxygens (including phenoxy) is 1. The Bertz CT molecular complexity index is 1150. The number of hydrogen-bond acceptors (Lipinski definition) is 5. The van der Waals surface area contributed by atoms with Crippen LogP contribution in [0.15, 0.2) is 42.7 Å². The zero-order valence-electron chi connectivity index (χ0n) is 16.7. The first-order valence-electron chi connectivity index (χ1n) is 9.53. The van der Waals surface area contributed by atoms with Crippen molar-refractivity contribution in [1.29, 1.82) is 0 Å². The molecule has 4 rings (SSSR count). The fourth-order valence-corrected chi connectivity index (χ4v) is 3.99. The van der Waals surface area contributed by atoms with Crippen LogP contribution < -0.4 is 0 Å². The molecule has 0 saturated carbocycles. The number of aliphatic hydroxyl groups is 1. The highest BCUT2D eigenvalue weighted by Crippen LogP contribution is 2.26. The summed E-state index contributed by atoms with van der Waals surface area (Å²) in [5.74, 6) is 0. The van der Waals surface area contributed by atoms with E-state index in [0.717, 1.165) is 29.1 Å². The summed E-state index contributed by atoms with van der Waals surface area (Å²) in [5, 5.41) is 21.0. The summed E-state index contributed by atoms with van der Waals surface area (Å²) in [6.45, 7) is 8.17. The van der Waals surface area contributed by atoms with Crippen molar-refractivity contribution in [2.24, 2.45) is 0 Å². The highest BCUT2D eigenvalue weighted by molar-refractivity contribution is 6.76. The molecule has 4 aromatic rings. The van der Waals surface area contributed by atoms with Gasteiger partial charge in [0.2, 0.25) is 0 Å². The molecule has 0 bridgehead atoms. The van der Waals surface area contributed by atoms with Crippen LogP contribution in [0.4, 0.5) is 0 Å². The zero-order chi connectivity index (χ0) is 20.6. The van der Waals surface area contributed by atoms with E-state index in [1.807, 2.05) is 24.4 Å². The summed E-state index contributed by atoms with van der Waals surface area (Å²) >= 11 is 5.99. The second-order valence-corrected chi connectivity index (χ2v) is 14.4. The third-order valence-corrected chi connectivity index (χ3v) is 6.65. The van der Waals surface area contributed by atoms with E-state index in [9.17, 15) is 5.11 Å². The molecule has 0 amide bonds. The molecule has 0 aliphatic carbocycles. The molecule has 1 aromatic carbocycles. The zero-order valence-corrected chi connectivity index (χ0v) is 18.5. The standard InChI is InChI=1S/C20H24ClN5O2Si/c1-29(2,3)9-8-28-13-25-12-15-10-14(4-5-16(15)23-25)20(27)17-11-22-19-7-6-18(21)24-26(17)19/h4-7,10-12,20,27H,8-9,13H2,1-3H3. The van der Waals surface area contributed by atoms with Crippen molar-refractivity contribution in [3.8, 4) is 0 Å². The summed E-state index contributed by atoms with van der Waals surface area (Å²) < 4.78 is 9.13. The van der Waals surface area contributed by atoms with Crippen molar-refractivity contribution in [1.82, 2.24) is 24.4 Å². The van der Waals surface area contributed by atoms with Gasteiger partial charge in [0.25, 0.3) is 0 Å². The molecule has 3 heterocycles. The third kappa shape index (κ3) is 4.50. The Balaban J connectivity index is 1.53. The van der Waals surface area contributed by atoms with Crippen LogP contribution in [0.25, 0.3) is 16.6 Å². The predicted molar refractivity (Wildman–Crippen MR) is 116 cm³/mol. The monoisotopic (exact) mass is 429 g/mol. The van der Waals surface area contributed by atoms with Crippen LogP contribution in [0, 0.1) is 0 Å². The maximum Gasteiger partial charge on any atom is 0.154 e. The van der Waals surface area contributed by atoms with Crippen molar-refractivity contribution >= 4 is 36.2 Å². The summed E-state index contributed by atoms with van der Waals surface area (Å²) in [6, 6.07) is 10.3. The van der Waals surface area contributed by atoms with Crippen molar-refractivity contribution in [3.05, 3.63) is 59.1 Å². The Morgan fingerprint density at radius 3 is 2.79 bits per heavy atom. The first-order chi connectivity index (χ1) is 13.8. The van der Waals surface area contributed by atoms with Gasteiger partial charge < -0.3 is 9.84 Å². The smallest absolute Gasteiger partial charge is 0.154 e. The van der Waals surface area contributed by atoms with Crippen LogP contribution in [0.2, 0.25) is 30.8 Å². The molecule has 9 heteroatoms. The van der Waals surface area contributed by atoms with Gasteiger partial charge in [-0.1, -0.05) is 37.3 Å². The summed E-state index contributed by atoms with van der Waals surface area (Å²) in [6.07, 6.45) is 2.67. The molecule has 152 valence electrons. The van der Waals surface area contributed by atoms with Crippen molar-refractivity contribution in [2.45, 2.75) is 38.5 Å². The minimum absolute atomic E-state index is 0.342. The van der Waals surface area contributed by atoms with Crippen LogP contribution in [-0.4, -0.2) is 44.2 Å². The SMILES string of the molecule is C[Si](C)(C)CCOCn1cc2cc(C(O)c3cnc4ccc(Cl)nn34)ccc2n1. The second-order valence-electron chi connectivity index (χ2n) is 8.35. The van der Waals surface area contributed by atoms with Crippen LogP contribution in [0.5, 0.6) is 0 Å². The fourth-order valence-electron chi connectivity index (χ4n) is 3.09. The number of halogens is 1. The van der Waals surface area contributed by atoms with Crippen molar-refractivity contribution < 1.29 is 9.84 Å². The first kappa shape index (κ1) is 20.0. The van der Waals surface area contributed by atoms with Gasteiger partial charge >= 0.3 is 0 Å². The van der Waals surface area contributed by atoms with Gasteiger partial charge in [0.05, 0.1) is 17.4 Å². The highest BCUT2D eigenvalue weighted by atomic mass is 35.5. The predicted octanol–water partition coefficient (Wildman–Crippen LogP) is 4.13. The lowest BCUT2D eigenvalue weighted by Gasteiger charge is -2.15. The fraction of sp³-hybridized carbons (Fsp3) is 0.350. The summed E-state index contributed by atoms with van der Waals surface area (Å²) in [7, 11) is -1.10. The molecular weight excluding hydrogens is 406 g/mol. The van der Waals surface area contributed by atoms with Gasteiger partial charge in [-0.15, -0.1) is 0 Å². The number of rotatable bonds is 7. The van der Waals surface area contributed by atoms with Gasteiger partial charge in [0.1, 0.15) is 18.0 Å². The molecule has 0 aliphatic rings. The van der Waals surface area contributed by atoms with Gasteiger partial charge in [-0.2, -0.15) is 10.2 Å². The molecule has 0 fully saturated rings. The highest BCUT2D eigenvalue weighted by Gasteiger charge is 2.18. The third-order valence-electron chi connectivity index (χ3n) is 4.75. The minimum Gasteiger partial charge on any atom is -0.382 e. The molecule has 0 radical (unpaired) electrons. The van der Waals surface area contributed by atoms with Crippen LogP contribution in [0.3, 0.4) is 0 Å². The van der Waals surface area contributed by atoms with E-state index < -0.39 is 14.2 Å². The van der Waals surface area contributed by atoms with Crippen molar-refractivity contribution in [2.75, 3.05) is 6.61 Å². The number of aliphatic hydroxyl groups excluding tert-OH is 1. The number of nitrogens with zero attached hydrogens (tertiary/aromatic N) is 5. The summed E-state index contributed by atoms with van der Waals surface area (Å²) in [5.41, 5.74) is 2.78. The number of benzene rings is 1. The number of fused-ring (bicyclic) bond motifs is 2. The van der Waals surface area contributed by atoms with Crippen molar-refractivity contribution in [3.63, 3.8) is 0 Å². The molecule has 29 heavy (non-hydrogen) atoms. The van der Waals surface area contributed by atoms with Crippen LogP contribution in [-0.2, 0) is 11.5 Å². The van der Waals surface area contributed by atoms with E-state index in [1.165, 1.54) is 0 Å². The van der Waals surface area contributed by atoms with Crippen LogP contribution in [0.1, 0.15) is 17.4 Å². The molecule has 0 aliphatic heterocycles. The van der Waals surface area contributed by atoms with Gasteiger partial charge in [-0.3, -0.25) is 0 Å². The van der Waals surface area contributed by atoms with Crippen LogP contribution >= 0.6 is 11.6 Å². The molecule has 0 saturated heterocycles. The average Bonchev–Trinajstić information content (AvgIpc) is 3.26. The van der Waals surface area contributed by atoms with E-state index in [0.29, 0.717) is 23.2 Å². The quantitative estimate of drug-likeness (QED) is 0.353. The molecular formula is C20H24ClN5O2Si. The van der Waals surface area contributed by atoms with E-state index in [4.69, 9.17) is 16.3 Å². The van der Waals surface area contributed by atoms with Gasteiger partial charge in [0.15, 0.2) is 5.65 Å². The Morgan fingerprint density at radius 1 is 1.17 bits per heavy atom. The molecule has 7 nitrogen and oxygen atoms in total. The Morgan fingerprint density at radius 2 is 2.00 bits per heavy atom. The topological polar surface area (TPSA) is 77.5 Å². The number of aromatic nitrogens is 5. The second kappa shape index (κ2) is 7.87. The lowest BCUT2D eigenvalue weighted by atomic mass is 10.1. The molecule has 1 N–H and O–H groups in total. The van der Waals surface area contributed by atoms with Gasteiger partial charge in [-0.05, 0) is 35.9 Å². The number of hydrogen-bond donors (Lipinski definition) is 1. The van der Waals surface area contributed by atoms with Gasteiger partial charge in [0, 0.05) is 26.3 Å². The Hall–Kier alpha value is -2.26. The maximum atomic E-state index is 10.9.